The molecule has 1 nitrogen and oxygen atoms in total. The van der Waals surface area contributed by atoms with Crippen LogP contribution in [0, 0.1) is 5.41 Å². The number of hydrogen-bond donors (Lipinski definition) is 0. The van der Waals surface area contributed by atoms with Crippen molar-refractivity contribution in [2.24, 2.45) is 5.41 Å². The van der Waals surface area contributed by atoms with E-state index in [1.807, 2.05) is 32.9 Å². The highest BCUT2D eigenvalue weighted by molar-refractivity contribution is 5.94. The maximum Gasteiger partial charge on any atom is 0.160 e. The van der Waals surface area contributed by atoms with Crippen LogP contribution in [0.25, 0.3) is 0 Å². The number of rotatable bonds is 7. The number of unbranched alkanes of at least 4 members (excludes halogenated alkanes) is 4. The van der Waals surface area contributed by atoms with Crippen molar-refractivity contribution in [2.75, 3.05) is 0 Å². The fourth-order valence-corrected chi connectivity index (χ4v) is 1.26. The van der Waals surface area contributed by atoms with Gasteiger partial charge in [0.2, 0.25) is 0 Å². The molecule has 0 aromatic carbocycles. The molecule has 0 aliphatic rings. The van der Waals surface area contributed by atoms with Crippen LogP contribution in [0.2, 0.25) is 0 Å². The molecule has 0 aromatic heterocycles. The van der Waals surface area contributed by atoms with Crippen LogP contribution in [0.15, 0.2) is 24.3 Å². The predicted molar refractivity (Wildman–Crippen MR) is 71.5 cm³/mol. The molecule has 0 unspecified atom stereocenters. The molecule has 0 heterocycles. The molecule has 0 bridgehead atoms. The van der Waals surface area contributed by atoms with E-state index in [0.29, 0.717) is 0 Å². The summed E-state index contributed by atoms with van der Waals surface area (Å²) in [5.41, 5.74) is -0.258. The minimum atomic E-state index is -0.258. The fourth-order valence-electron chi connectivity index (χ4n) is 1.26. The molecule has 0 atom stereocenters. The Hall–Kier alpha value is -0.850. The predicted octanol–water partition coefficient (Wildman–Crippen LogP) is 4.68. The molecule has 0 saturated heterocycles. The molecule has 0 spiro atoms. The lowest BCUT2D eigenvalue weighted by Gasteiger charge is -2.12. The molecule has 0 saturated carbocycles. The molecule has 1 heteroatoms. The highest BCUT2D eigenvalue weighted by Gasteiger charge is 2.17. The van der Waals surface area contributed by atoms with Crippen LogP contribution in [0.4, 0.5) is 0 Å². The minimum Gasteiger partial charge on any atom is -0.294 e. The fraction of sp³-hybridized carbons (Fsp3) is 0.667. The largest absolute Gasteiger partial charge is 0.294 e. The van der Waals surface area contributed by atoms with Gasteiger partial charge in [-0.15, -0.1) is 0 Å². The second-order valence-corrected chi connectivity index (χ2v) is 5.25. The highest BCUT2D eigenvalue weighted by Crippen LogP contribution is 2.14. The van der Waals surface area contributed by atoms with Gasteiger partial charge in [-0.05, 0) is 18.9 Å². The van der Waals surface area contributed by atoms with E-state index in [9.17, 15) is 4.79 Å². The molecule has 16 heavy (non-hydrogen) atoms. The molecule has 0 aromatic rings. The maximum atomic E-state index is 11.5. The summed E-state index contributed by atoms with van der Waals surface area (Å²) in [6, 6.07) is 0. The van der Waals surface area contributed by atoms with Crippen molar-refractivity contribution in [1.82, 2.24) is 0 Å². The third-order valence-corrected chi connectivity index (χ3v) is 2.46. The lowest BCUT2D eigenvalue weighted by Crippen LogP contribution is -2.17. The lowest BCUT2D eigenvalue weighted by atomic mass is 9.91. The van der Waals surface area contributed by atoms with Crippen molar-refractivity contribution in [3.8, 4) is 0 Å². The van der Waals surface area contributed by atoms with E-state index in [1.165, 1.54) is 25.7 Å². The summed E-state index contributed by atoms with van der Waals surface area (Å²) in [4.78, 5) is 11.5. The Bertz CT molecular complexity index is 241. The van der Waals surface area contributed by atoms with Gasteiger partial charge in [-0.2, -0.15) is 0 Å². The number of carbonyl (C=O) groups excluding carboxylic acids is 1. The first kappa shape index (κ1) is 15.2. The van der Waals surface area contributed by atoms with E-state index < -0.39 is 0 Å². The summed E-state index contributed by atoms with van der Waals surface area (Å²) in [5.74, 6) is 0.183. The van der Waals surface area contributed by atoms with Gasteiger partial charge in [0.25, 0.3) is 0 Å². The summed E-state index contributed by atoms with van der Waals surface area (Å²) in [6.45, 7) is 8.03. The van der Waals surface area contributed by atoms with Gasteiger partial charge in [0.05, 0.1) is 0 Å². The van der Waals surface area contributed by atoms with Gasteiger partial charge < -0.3 is 0 Å². The Morgan fingerprint density at radius 2 is 1.75 bits per heavy atom. The molecule has 0 aliphatic carbocycles. The summed E-state index contributed by atoms with van der Waals surface area (Å²) < 4.78 is 0. The maximum absolute atomic E-state index is 11.5. The van der Waals surface area contributed by atoms with Crippen LogP contribution < -0.4 is 0 Å². The van der Waals surface area contributed by atoms with Gasteiger partial charge in [0.1, 0.15) is 0 Å². The second-order valence-electron chi connectivity index (χ2n) is 5.25. The average molecular weight is 222 g/mol. The molecular formula is C15H26O. The average Bonchev–Trinajstić information content (AvgIpc) is 2.20. The van der Waals surface area contributed by atoms with Crippen LogP contribution >= 0.6 is 0 Å². The third kappa shape index (κ3) is 8.46. The van der Waals surface area contributed by atoms with Crippen LogP contribution in [-0.2, 0) is 4.79 Å². The summed E-state index contributed by atoms with van der Waals surface area (Å²) >= 11 is 0. The van der Waals surface area contributed by atoms with Gasteiger partial charge in [-0.1, -0.05) is 65.2 Å². The quantitative estimate of drug-likeness (QED) is 0.347. The Morgan fingerprint density at radius 1 is 1.06 bits per heavy atom. The topological polar surface area (TPSA) is 17.1 Å². The van der Waals surface area contributed by atoms with Crippen molar-refractivity contribution < 1.29 is 4.79 Å². The van der Waals surface area contributed by atoms with E-state index in [4.69, 9.17) is 0 Å². The number of carbonyl (C=O) groups is 1. The van der Waals surface area contributed by atoms with Crippen LogP contribution in [0.3, 0.4) is 0 Å². The Morgan fingerprint density at radius 3 is 2.31 bits per heavy atom. The molecule has 0 aliphatic heterocycles. The first-order valence-electron chi connectivity index (χ1n) is 6.36. The number of allylic oxidation sites excluding steroid dienone is 4. The smallest absolute Gasteiger partial charge is 0.160 e. The van der Waals surface area contributed by atoms with E-state index in [1.54, 1.807) is 6.08 Å². The zero-order chi connectivity index (χ0) is 12.4. The van der Waals surface area contributed by atoms with E-state index in [2.05, 4.69) is 13.0 Å². The van der Waals surface area contributed by atoms with Crippen LogP contribution in [0.5, 0.6) is 0 Å². The number of hydrogen-bond acceptors (Lipinski definition) is 1. The molecule has 0 amide bonds. The van der Waals surface area contributed by atoms with E-state index >= 15 is 0 Å². The van der Waals surface area contributed by atoms with Crippen molar-refractivity contribution in [3.05, 3.63) is 24.3 Å². The van der Waals surface area contributed by atoms with E-state index in [0.717, 1.165) is 6.42 Å². The lowest BCUT2D eigenvalue weighted by molar-refractivity contribution is -0.121. The Kier molecular flexibility index (Phi) is 7.88. The molecular weight excluding hydrogens is 196 g/mol. The van der Waals surface area contributed by atoms with Crippen molar-refractivity contribution >= 4 is 5.78 Å². The second kappa shape index (κ2) is 8.32. The van der Waals surface area contributed by atoms with Gasteiger partial charge in [-0.3, -0.25) is 4.79 Å². The van der Waals surface area contributed by atoms with Crippen molar-refractivity contribution in [2.45, 2.75) is 59.8 Å². The van der Waals surface area contributed by atoms with Crippen molar-refractivity contribution in [3.63, 3.8) is 0 Å². The summed E-state index contributed by atoms with van der Waals surface area (Å²) in [6.07, 6.45) is 13.9. The highest BCUT2D eigenvalue weighted by atomic mass is 16.1. The SMILES string of the molecule is CCCCCC/C=C/C=C/C(=O)C(C)(C)C. The van der Waals surface area contributed by atoms with Gasteiger partial charge in [-0.25, -0.2) is 0 Å². The molecule has 0 rings (SSSR count). The summed E-state index contributed by atoms with van der Waals surface area (Å²) in [5, 5.41) is 0. The zero-order valence-electron chi connectivity index (χ0n) is 11.3. The minimum absolute atomic E-state index is 0.183. The standard InChI is InChI=1S/C15H26O/c1-5-6-7-8-9-10-11-12-13-14(16)15(2,3)4/h10-13H,5-9H2,1-4H3/b11-10+,13-12+. The molecule has 0 radical (unpaired) electrons. The van der Waals surface area contributed by atoms with Gasteiger partial charge in [0.15, 0.2) is 5.78 Å². The third-order valence-electron chi connectivity index (χ3n) is 2.46. The van der Waals surface area contributed by atoms with Crippen LogP contribution in [0.1, 0.15) is 59.8 Å². The van der Waals surface area contributed by atoms with Crippen molar-refractivity contribution in [1.29, 1.82) is 0 Å². The monoisotopic (exact) mass is 222 g/mol. The molecule has 0 fully saturated rings. The Balaban J connectivity index is 3.67. The van der Waals surface area contributed by atoms with Gasteiger partial charge in [0, 0.05) is 5.41 Å². The molecule has 0 N–H and O–H groups in total. The van der Waals surface area contributed by atoms with Crippen LogP contribution in [-0.4, -0.2) is 5.78 Å². The Labute approximate surface area is 101 Å². The first-order chi connectivity index (χ1) is 7.48. The first-order valence-corrected chi connectivity index (χ1v) is 6.36. The van der Waals surface area contributed by atoms with Gasteiger partial charge >= 0.3 is 0 Å². The number of ketones is 1. The summed E-state index contributed by atoms with van der Waals surface area (Å²) in [7, 11) is 0. The molecule has 92 valence electrons. The normalized spacial score (nSPS) is 12.8. The zero-order valence-corrected chi connectivity index (χ0v) is 11.3. The van der Waals surface area contributed by atoms with E-state index in [-0.39, 0.29) is 11.2 Å².